The predicted octanol–water partition coefficient (Wildman–Crippen LogP) is 3.19. The summed E-state index contributed by atoms with van der Waals surface area (Å²) in [5.74, 6) is -0.520. The van der Waals surface area contributed by atoms with Crippen LogP contribution in [0.25, 0.3) is 22.0 Å². The summed E-state index contributed by atoms with van der Waals surface area (Å²) in [5.41, 5.74) is 2.75. The molecule has 0 radical (unpaired) electrons. The summed E-state index contributed by atoms with van der Waals surface area (Å²) >= 11 is 0. The Hall–Kier alpha value is -2.96. The topological polar surface area (TPSA) is 71.8 Å². The zero-order valence-corrected chi connectivity index (χ0v) is 14.7. The van der Waals surface area contributed by atoms with E-state index in [1.807, 2.05) is 6.92 Å². The van der Waals surface area contributed by atoms with Gasteiger partial charge in [0.25, 0.3) is 5.91 Å². The largest absolute Gasteiger partial charge is 0.387 e. The number of carbonyl (C=O) groups excluding carboxylic acids is 1. The van der Waals surface area contributed by atoms with Crippen molar-refractivity contribution in [2.24, 2.45) is 0 Å². The number of rotatable bonds is 5. The van der Waals surface area contributed by atoms with E-state index >= 15 is 0 Å². The molecule has 1 fully saturated rings. The maximum Gasteiger partial charge on any atom is 0.255 e. The van der Waals surface area contributed by atoms with Crippen LogP contribution < -0.4 is 10.6 Å². The van der Waals surface area contributed by atoms with E-state index in [0.29, 0.717) is 39.8 Å². The number of amides is 1. The molecule has 0 bridgehead atoms. The number of hydrogen-bond donors (Lipinski definition) is 2. The average Bonchev–Trinajstić information content (AvgIpc) is 3.32. The maximum absolute atomic E-state index is 14.6. The van der Waals surface area contributed by atoms with Gasteiger partial charge in [0.05, 0.1) is 23.0 Å². The van der Waals surface area contributed by atoms with Crippen LogP contribution in [0, 0.1) is 5.82 Å². The lowest BCUT2D eigenvalue weighted by Crippen LogP contribution is -2.26. The van der Waals surface area contributed by atoms with E-state index in [1.165, 1.54) is 12.3 Å². The second kappa shape index (κ2) is 6.40. The maximum atomic E-state index is 14.6. The van der Waals surface area contributed by atoms with E-state index in [4.69, 9.17) is 0 Å². The number of halogens is 1. The Balaban J connectivity index is 1.84. The van der Waals surface area contributed by atoms with Gasteiger partial charge in [-0.2, -0.15) is 5.10 Å². The van der Waals surface area contributed by atoms with Gasteiger partial charge in [0.1, 0.15) is 5.82 Å². The molecule has 1 aliphatic carbocycles. The Morgan fingerprint density at radius 3 is 2.81 bits per heavy atom. The molecule has 1 aliphatic rings. The van der Waals surface area contributed by atoms with Crippen molar-refractivity contribution in [3.8, 4) is 11.1 Å². The highest BCUT2D eigenvalue weighted by atomic mass is 19.1. The second-order valence-corrected chi connectivity index (χ2v) is 6.48. The van der Waals surface area contributed by atoms with Gasteiger partial charge < -0.3 is 10.6 Å². The first-order valence-electron chi connectivity index (χ1n) is 8.74. The second-order valence-electron chi connectivity index (χ2n) is 6.48. The third kappa shape index (κ3) is 2.89. The quantitative estimate of drug-likeness (QED) is 0.739. The first kappa shape index (κ1) is 16.5. The van der Waals surface area contributed by atoms with Gasteiger partial charge in [-0.05, 0) is 25.8 Å². The number of carbonyl (C=O) groups is 1. The van der Waals surface area contributed by atoms with E-state index in [0.717, 1.165) is 12.8 Å². The molecule has 2 aromatic heterocycles. The number of anilines is 1. The van der Waals surface area contributed by atoms with Crippen molar-refractivity contribution in [2.45, 2.75) is 32.4 Å². The molecular weight excluding hydrogens is 333 g/mol. The molecule has 2 N–H and O–H groups in total. The Labute approximate surface area is 150 Å². The number of pyridine rings is 1. The number of benzene rings is 1. The molecule has 2 heterocycles. The highest BCUT2D eigenvalue weighted by Crippen LogP contribution is 2.32. The third-order valence-electron chi connectivity index (χ3n) is 4.63. The van der Waals surface area contributed by atoms with Gasteiger partial charge in [0.15, 0.2) is 0 Å². The molecule has 0 atom stereocenters. The van der Waals surface area contributed by atoms with E-state index in [-0.39, 0.29) is 17.8 Å². The number of aryl methyl sites for hydroxylation is 1. The Kier molecular flexibility index (Phi) is 4.06. The fourth-order valence-electron chi connectivity index (χ4n) is 3.04. The van der Waals surface area contributed by atoms with Crippen LogP contribution in [0.2, 0.25) is 0 Å². The molecule has 6 nitrogen and oxygen atoms in total. The summed E-state index contributed by atoms with van der Waals surface area (Å²) in [6, 6.07) is 3.39. The number of fused-ring (bicyclic) bond motifs is 1. The Morgan fingerprint density at radius 1 is 1.35 bits per heavy atom. The number of hydrogen-bond acceptors (Lipinski definition) is 4. The Morgan fingerprint density at radius 2 is 2.15 bits per heavy atom. The van der Waals surface area contributed by atoms with Crippen molar-refractivity contribution in [1.82, 2.24) is 20.1 Å². The van der Waals surface area contributed by atoms with Crippen LogP contribution in [0.5, 0.6) is 0 Å². The summed E-state index contributed by atoms with van der Waals surface area (Å²) < 4.78 is 16.4. The van der Waals surface area contributed by atoms with Crippen LogP contribution in [0.1, 0.15) is 30.1 Å². The van der Waals surface area contributed by atoms with Gasteiger partial charge in [-0.15, -0.1) is 0 Å². The number of nitrogens with zero attached hydrogens (tertiary/aromatic N) is 3. The van der Waals surface area contributed by atoms with Crippen LogP contribution in [0.4, 0.5) is 10.1 Å². The SMILES string of the molecule is CCn1cc(-c2cc3c(NC)c(C(=O)NC4CC4)cnc3cc2F)cn1. The molecule has 3 aromatic rings. The van der Waals surface area contributed by atoms with Crippen molar-refractivity contribution >= 4 is 22.5 Å². The van der Waals surface area contributed by atoms with Gasteiger partial charge in [0, 0.05) is 54.6 Å². The van der Waals surface area contributed by atoms with E-state index < -0.39 is 0 Å². The molecule has 26 heavy (non-hydrogen) atoms. The zero-order valence-electron chi connectivity index (χ0n) is 14.7. The summed E-state index contributed by atoms with van der Waals surface area (Å²) in [6.07, 6.45) is 6.97. The Bertz CT molecular complexity index is 993. The normalized spacial score (nSPS) is 13.8. The molecule has 1 amide bonds. The van der Waals surface area contributed by atoms with Crippen LogP contribution >= 0.6 is 0 Å². The van der Waals surface area contributed by atoms with Crippen LogP contribution in [0.3, 0.4) is 0 Å². The molecule has 1 saturated carbocycles. The first-order chi connectivity index (χ1) is 12.6. The molecule has 0 spiro atoms. The van der Waals surface area contributed by atoms with Crippen molar-refractivity contribution in [1.29, 1.82) is 0 Å². The molecule has 1 aromatic carbocycles. The highest BCUT2D eigenvalue weighted by molar-refractivity contribution is 6.08. The third-order valence-corrected chi connectivity index (χ3v) is 4.63. The van der Waals surface area contributed by atoms with Crippen molar-refractivity contribution < 1.29 is 9.18 Å². The number of aromatic nitrogens is 3. The zero-order chi connectivity index (χ0) is 18.3. The first-order valence-corrected chi connectivity index (χ1v) is 8.74. The molecule has 0 saturated heterocycles. The summed E-state index contributed by atoms with van der Waals surface area (Å²) in [4.78, 5) is 16.8. The minimum Gasteiger partial charge on any atom is -0.387 e. The lowest BCUT2D eigenvalue weighted by molar-refractivity contribution is 0.0951. The van der Waals surface area contributed by atoms with Gasteiger partial charge >= 0.3 is 0 Å². The molecular formula is C19H20FN5O. The van der Waals surface area contributed by atoms with Crippen LogP contribution in [0.15, 0.2) is 30.7 Å². The molecule has 134 valence electrons. The lowest BCUT2D eigenvalue weighted by atomic mass is 10.0. The van der Waals surface area contributed by atoms with Crippen molar-refractivity contribution in [2.75, 3.05) is 12.4 Å². The average molecular weight is 353 g/mol. The van der Waals surface area contributed by atoms with Crippen molar-refractivity contribution in [3.05, 3.63) is 42.1 Å². The van der Waals surface area contributed by atoms with Gasteiger partial charge in [-0.1, -0.05) is 0 Å². The van der Waals surface area contributed by atoms with Gasteiger partial charge in [-0.3, -0.25) is 14.5 Å². The minimum absolute atomic E-state index is 0.157. The molecule has 0 aliphatic heterocycles. The number of nitrogens with one attached hydrogen (secondary N) is 2. The summed E-state index contributed by atoms with van der Waals surface area (Å²) in [7, 11) is 1.75. The molecule has 0 unspecified atom stereocenters. The fraction of sp³-hybridized carbons (Fsp3) is 0.316. The van der Waals surface area contributed by atoms with E-state index in [1.54, 1.807) is 30.2 Å². The van der Waals surface area contributed by atoms with Gasteiger partial charge in [0.2, 0.25) is 0 Å². The molecule has 7 heteroatoms. The highest BCUT2D eigenvalue weighted by Gasteiger charge is 2.25. The van der Waals surface area contributed by atoms with Gasteiger partial charge in [-0.25, -0.2) is 4.39 Å². The monoisotopic (exact) mass is 353 g/mol. The standard InChI is InChI=1S/C19H20FN5O/c1-3-25-10-11(8-23-25)13-6-14-17(7-16(13)20)22-9-15(18(14)21-2)19(26)24-12-4-5-12/h6-10,12H,3-5H2,1-2H3,(H,21,22)(H,24,26). The summed E-state index contributed by atoms with van der Waals surface area (Å²) in [5, 5.41) is 11.0. The van der Waals surface area contributed by atoms with E-state index in [2.05, 4.69) is 20.7 Å². The molecule has 4 rings (SSSR count). The van der Waals surface area contributed by atoms with Crippen LogP contribution in [-0.4, -0.2) is 33.8 Å². The predicted molar refractivity (Wildman–Crippen MR) is 98.6 cm³/mol. The fourth-order valence-corrected chi connectivity index (χ4v) is 3.04. The minimum atomic E-state index is -0.363. The summed E-state index contributed by atoms with van der Waals surface area (Å²) in [6.45, 7) is 2.69. The van der Waals surface area contributed by atoms with Crippen LogP contribution in [-0.2, 0) is 6.54 Å². The lowest BCUT2D eigenvalue weighted by Gasteiger charge is -2.13. The van der Waals surface area contributed by atoms with E-state index in [9.17, 15) is 9.18 Å². The smallest absolute Gasteiger partial charge is 0.255 e. The van der Waals surface area contributed by atoms with Crippen molar-refractivity contribution in [3.63, 3.8) is 0 Å².